The number of carbonyl (C=O) groups excluding carboxylic acids is 3. The molecule has 0 spiro atoms. The second-order valence-electron chi connectivity index (χ2n) is 6.09. The molecule has 1 aromatic carbocycles. The molecule has 140 valence electrons. The number of carbonyl (C=O) groups is 4. The van der Waals surface area contributed by atoms with Crippen molar-refractivity contribution in [3.8, 4) is 0 Å². The summed E-state index contributed by atoms with van der Waals surface area (Å²) in [4.78, 5) is 47.6. The maximum atomic E-state index is 12.3. The number of aliphatic carboxylic acids is 1. The van der Waals surface area contributed by atoms with E-state index in [1.165, 1.54) is 11.8 Å². The fourth-order valence-corrected chi connectivity index (χ4v) is 2.98. The van der Waals surface area contributed by atoms with Gasteiger partial charge in [-0.15, -0.1) is 0 Å². The lowest BCUT2D eigenvalue weighted by Gasteiger charge is -2.17. The van der Waals surface area contributed by atoms with Gasteiger partial charge in [-0.2, -0.15) is 0 Å². The number of rotatable bonds is 6. The Morgan fingerprint density at radius 1 is 1.12 bits per heavy atom. The summed E-state index contributed by atoms with van der Waals surface area (Å²) in [7, 11) is 0. The highest BCUT2D eigenvalue weighted by molar-refractivity contribution is 6.30. The molecule has 0 aliphatic carbocycles. The van der Waals surface area contributed by atoms with E-state index in [2.05, 4.69) is 10.6 Å². The molecule has 0 radical (unpaired) electrons. The Labute approximate surface area is 155 Å². The van der Waals surface area contributed by atoms with Crippen molar-refractivity contribution in [1.29, 1.82) is 0 Å². The Kier molecular flexibility index (Phi) is 6.57. The van der Waals surface area contributed by atoms with Gasteiger partial charge in [0.05, 0.1) is 19.0 Å². The van der Waals surface area contributed by atoms with Crippen molar-refractivity contribution in [3.05, 3.63) is 34.9 Å². The van der Waals surface area contributed by atoms with Crippen LogP contribution in [-0.4, -0.2) is 59.9 Å². The number of carboxylic acids is 1. The van der Waals surface area contributed by atoms with Gasteiger partial charge in [0.1, 0.15) is 0 Å². The first-order valence-electron chi connectivity index (χ1n) is 8.05. The fourth-order valence-electron chi connectivity index (χ4n) is 2.86. The third-order valence-corrected chi connectivity index (χ3v) is 4.47. The van der Waals surface area contributed by atoms with Gasteiger partial charge in [0.2, 0.25) is 17.7 Å². The van der Waals surface area contributed by atoms with Gasteiger partial charge in [-0.25, -0.2) is 0 Å². The Morgan fingerprint density at radius 3 is 2.35 bits per heavy atom. The Bertz CT molecular complexity index is 707. The van der Waals surface area contributed by atoms with E-state index >= 15 is 0 Å². The number of amides is 3. The molecular formula is C17H20ClN3O5. The van der Waals surface area contributed by atoms with Gasteiger partial charge in [-0.1, -0.05) is 23.7 Å². The summed E-state index contributed by atoms with van der Waals surface area (Å²) in [6.07, 6.45) is 0. The van der Waals surface area contributed by atoms with Crippen molar-refractivity contribution in [2.75, 3.05) is 26.2 Å². The summed E-state index contributed by atoms with van der Waals surface area (Å²) in [6.45, 7) is 1.14. The first kappa shape index (κ1) is 19.7. The molecule has 0 aromatic heterocycles. The minimum absolute atomic E-state index is 0.0724. The fraction of sp³-hybridized carbons (Fsp3) is 0.412. The number of benzene rings is 1. The van der Waals surface area contributed by atoms with Crippen LogP contribution in [0.5, 0.6) is 0 Å². The molecule has 26 heavy (non-hydrogen) atoms. The molecule has 1 aliphatic rings. The smallest absolute Gasteiger partial charge is 0.308 e. The van der Waals surface area contributed by atoms with Crippen LogP contribution in [0.2, 0.25) is 5.02 Å². The highest BCUT2D eigenvalue weighted by atomic mass is 35.5. The molecule has 0 bridgehead atoms. The Hall–Kier alpha value is -2.61. The maximum absolute atomic E-state index is 12.3. The first-order chi connectivity index (χ1) is 12.3. The topological polar surface area (TPSA) is 116 Å². The molecule has 1 aromatic rings. The third-order valence-electron chi connectivity index (χ3n) is 4.22. The lowest BCUT2D eigenvalue weighted by Crippen LogP contribution is -2.42. The van der Waals surface area contributed by atoms with Crippen LogP contribution in [-0.2, 0) is 19.2 Å². The lowest BCUT2D eigenvalue weighted by atomic mass is 9.89. The number of nitrogens with zero attached hydrogens (tertiary/aromatic N) is 1. The van der Waals surface area contributed by atoms with Gasteiger partial charge in [0.25, 0.3) is 0 Å². The summed E-state index contributed by atoms with van der Waals surface area (Å²) in [5, 5.41) is 14.8. The average Bonchev–Trinajstić information content (AvgIpc) is 3.04. The number of halogens is 1. The lowest BCUT2D eigenvalue weighted by molar-refractivity contribution is -0.142. The maximum Gasteiger partial charge on any atom is 0.308 e. The zero-order valence-electron chi connectivity index (χ0n) is 14.2. The molecule has 1 saturated heterocycles. The molecule has 8 nitrogen and oxygen atoms in total. The average molecular weight is 382 g/mol. The van der Waals surface area contributed by atoms with Gasteiger partial charge >= 0.3 is 5.97 Å². The van der Waals surface area contributed by atoms with Crippen molar-refractivity contribution in [2.24, 2.45) is 5.92 Å². The van der Waals surface area contributed by atoms with Crippen LogP contribution < -0.4 is 10.6 Å². The van der Waals surface area contributed by atoms with Crippen molar-refractivity contribution >= 4 is 35.3 Å². The Balaban J connectivity index is 1.96. The molecule has 3 N–H and O–H groups in total. The quantitative estimate of drug-likeness (QED) is 0.651. The van der Waals surface area contributed by atoms with Crippen LogP contribution in [0.4, 0.5) is 0 Å². The molecule has 9 heteroatoms. The van der Waals surface area contributed by atoms with Gasteiger partial charge < -0.3 is 20.6 Å². The van der Waals surface area contributed by atoms with E-state index in [4.69, 9.17) is 11.6 Å². The zero-order valence-corrected chi connectivity index (χ0v) is 15.0. The van der Waals surface area contributed by atoms with Crippen LogP contribution in [0, 0.1) is 5.92 Å². The van der Waals surface area contributed by atoms with E-state index < -0.39 is 17.8 Å². The SMILES string of the molecule is CC(=O)NCC(=O)NCC(=O)N1C[C@@H](C(=O)O)[C@H](c2ccc(Cl)cc2)C1. The van der Waals surface area contributed by atoms with Gasteiger partial charge in [-0.3, -0.25) is 19.2 Å². The van der Waals surface area contributed by atoms with Crippen LogP contribution in [0.15, 0.2) is 24.3 Å². The molecule has 3 amide bonds. The predicted molar refractivity (Wildman–Crippen MR) is 93.6 cm³/mol. The second kappa shape index (κ2) is 8.66. The predicted octanol–water partition coefficient (Wildman–Crippen LogP) is 0.219. The van der Waals surface area contributed by atoms with E-state index in [0.717, 1.165) is 5.56 Å². The van der Waals surface area contributed by atoms with Crippen LogP contribution in [0.25, 0.3) is 0 Å². The van der Waals surface area contributed by atoms with Gasteiger partial charge in [-0.05, 0) is 17.7 Å². The van der Waals surface area contributed by atoms with E-state index in [-0.39, 0.29) is 43.9 Å². The van der Waals surface area contributed by atoms with Crippen LogP contribution >= 0.6 is 11.6 Å². The normalized spacial score (nSPS) is 19.1. The number of nitrogens with one attached hydrogen (secondary N) is 2. The summed E-state index contributed by atoms with van der Waals surface area (Å²) >= 11 is 5.87. The standard InChI is InChI=1S/C17H20ClN3O5/c1-10(22)19-6-15(23)20-7-16(24)21-8-13(14(9-21)17(25)26)11-2-4-12(18)5-3-11/h2-5,13-14H,6-9H2,1H3,(H,19,22)(H,20,23)(H,25,26)/t13-,14+/m0/s1. The van der Waals surface area contributed by atoms with Crippen molar-refractivity contribution in [1.82, 2.24) is 15.5 Å². The molecule has 1 aliphatic heterocycles. The number of hydrogen-bond acceptors (Lipinski definition) is 4. The summed E-state index contributed by atoms with van der Waals surface area (Å²) in [5.41, 5.74) is 0.798. The molecule has 1 heterocycles. The zero-order chi connectivity index (χ0) is 19.3. The minimum Gasteiger partial charge on any atom is -0.481 e. The van der Waals surface area contributed by atoms with E-state index in [1.807, 2.05) is 0 Å². The molecule has 0 unspecified atom stereocenters. The summed E-state index contributed by atoms with van der Waals surface area (Å²) in [6, 6.07) is 6.88. The minimum atomic E-state index is -0.977. The first-order valence-corrected chi connectivity index (χ1v) is 8.43. The third kappa shape index (κ3) is 5.19. The van der Waals surface area contributed by atoms with Gasteiger partial charge in [0.15, 0.2) is 0 Å². The highest BCUT2D eigenvalue weighted by Gasteiger charge is 2.40. The number of hydrogen-bond donors (Lipinski definition) is 3. The summed E-state index contributed by atoms with van der Waals surface area (Å²) < 4.78 is 0. The van der Waals surface area contributed by atoms with E-state index in [9.17, 15) is 24.3 Å². The largest absolute Gasteiger partial charge is 0.481 e. The Morgan fingerprint density at radius 2 is 1.77 bits per heavy atom. The molecular weight excluding hydrogens is 362 g/mol. The van der Waals surface area contributed by atoms with Crippen molar-refractivity contribution < 1.29 is 24.3 Å². The van der Waals surface area contributed by atoms with Crippen LogP contribution in [0.1, 0.15) is 18.4 Å². The monoisotopic (exact) mass is 381 g/mol. The summed E-state index contributed by atoms with van der Waals surface area (Å²) in [5.74, 6) is -3.25. The second-order valence-corrected chi connectivity index (χ2v) is 6.52. The molecule has 1 fully saturated rings. The number of likely N-dealkylation sites (tertiary alicyclic amines) is 1. The number of carboxylic acid groups (broad SMARTS) is 1. The molecule has 0 saturated carbocycles. The van der Waals surface area contributed by atoms with E-state index in [0.29, 0.717) is 5.02 Å². The van der Waals surface area contributed by atoms with Crippen molar-refractivity contribution in [2.45, 2.75) is 12.8 Å². The van der Waals surface area contributed by atoms with E-state index in [1.54, 1.807) is 24.3 Å². The van der Waals surface area contributed by atoms with Crippen molar-refractivity contribution in [3.63, 3.8) is 0 Å². The molecule has 2 rings (SSSR count). The van der Waals surface area contributed by atoms with Crippen LogP contribution in [0.3, 0.4) is 0 Å². The van der Waals surface area contributed by atoms with Gasteiger partial charge in [0, 0.05) is 31.0 Å². The highest BCUT2D eigenvalue weighted by Crippen LogP contribution is 2.33. The molecule has 2 atom stereocenters.